The highest BCUT2D eigenvalue weighted by molar-refractivity contribution is 7.15. The minimum absolute atomic E-state index is 0.241. The molecule has 0 spiro atoms. The van der Waals surface area contributed by atoms with E-state index in [0.29, 0.717) is 33.4 Å². The number of ether oxygens (including phenoxy) is 2. The Morgan fingerprint density at radius 2 is 1.84 bits per heavy atom. The second kappa shape index (κ2) is 9.15. The van der Waals surface area contributed by atoms with E-state index in [1.165, 1.54) is 28.3 Å². The van der Waals surface area contributed by atoms with Crippen molar-refractivity contribution in [1.82, 2.24) is 14.6 Å². The van der Waals surface area contributed by atoms with Crippen molar-refractivity contribution in [3.63, 3.8) is 0 Å². The zero-order valence-electron chi connectivity index (χ0n) is 17.9. The Labute approximate surface area is 188 Å². The highest BCUT2D eigenvalue weighted by Gasteiger charge is 2.11. The number of carbonyl (C=O) groups excluding carboxylic acids is 1. The summed E-state index contributed by atoms with van der Waals surface area (Å²) in [4.78, 5) is 29.0. The Hall–Kier alpha value is -3.78. The molecule has 2 aromatic carbocycles. The predicted molar refractivity (Wildman–Crippen MR) is 125 cm³/mol. The first-order chi connectivity index (χ1) is 15.4. The summed E-state index contributed by atoms with van der Waals surface area (Å²) in [6, 6.07) is 13.2. The van der Waals surface area contributed by atoms with Crippen LogP contribution in [0.25, 0.3) is 23.2 Å². The highest BCUT2D eigenvalue weighted by Crippen LogP contribution is 2.29. The van der Waals surface area contributed by atoms with Crippen molar-refractivity contribution in [2.24, 2.45) is 0 Å². The fourth-order valence-corrected chi connectivity index (χ4v) is 3.96. The molecule has 32 heavy (non-hydrogen) atoms. The quantitative estimate of drug-likeness (QED) is 0.332. The molecular weight excluding hydrogens is 426 g/mol. The summed E-state index contributed by atoms with van der Waals surface area (Å²) in [7, 11) is 0. The molecule has 4 rings (SSSR count). The van der Waals surface area contributed by atoms with E-state index in [9.17, 15) is 9.59 Å². The Balaban J connectivity index is 1.64. The van der Waals surface area contributed by atoms with Gasteiger partial charge in [-0.3, -0.25) is 9.59 Å². The van der Waals surface area contributed by atoms with Gasteiger partial charge in [0, 0.05) is 6.92 Å². The molecule has 0 radical (unpaired) electrons. The van der Waals surface area contributed by atoms with Crippen LogP contribution in [0.2, 0.25) is 0 Å². The molecule has 0 aliphatic heterocycles. The van der Waals surface area contributed by atoms with Crippen LogP contribution < -0.4 is 19.6 Å². The molecule has 0 aliphatic rings. The van der Waals surface area contributed by atoms with Gasteiger partial charge < -0.3 is 9.47 Å². The number of thiazole rings is 1. The molecule has 0 bridgehead atoms. The molecular formula is C24H21N3O4S. The molecule has 0 N–H and O–H groups in total. The van der Waals surface area contributed by atoms with Crippen LogP contribution in [0.4, 0.5) is 0 Å². The predicted octanol–water partition coefficient (Wildman–Crippen LogP) is 3.50. The summed E-state index contributed by atoms with van der Waals surface area (Å²) in [5, 5.41) is 4.32. The third kappa shape index (κ3) is 4.76. The van der Waals surface area contributed by atoms with Gasteiger partial charge in [-0.2, -0.15) is 9.50 Å². The van der Waals surface area contributed by atoms with Gasteiger partial charge >= 0.3 is 5.97 Å². The fourth-order valence-electron chi connectivity index (χ4n) is 3.04. The van der Waals surface area contributed by atoms with Gasteiger partial charge in [0.1, 0.15) is 0 Å². The van der Waals surface area contributed by atoms with Gasteiger partial charge in [0.25, 0.3) is 5.56 Å². The van der Waals surface area contributed by atoms with Gasteiger partial charge in [0.2, 0.25) is 4.96 Å². The van der Waals surface area contributed by atoms with Crippen molar-refractivity contribution in [1.29, 1.82) is 0 Å². The lowest BCUT2D eigenvalue weighted by Gasteiger charge is -2.10. The summed E-state index contributed by atoms with van der Waals surface area (Å²) >= 11 is 1.26. The third-order valence-corrected chi connectivity index (χ3v) is 5.48. The average Bonchev–Trinajstić information content (AvgIpc) is 3.28. The average molecular weight is 448 g/mol. The Morgan fingerprint density at radius 3 is 2.53 bits per heavy atom. The Bertz CT molecular complexity index is 1420. The van der Waals surface area contributed by atoms with Gasteiger partial charge in [0.15, 0.2) is 17.3 Å². The van der Waals surface area contributed by atoms with Crippen molar-refractivity contribution < 1.29 is 14.3 Å². The van der Waals surface area contributed by atoms with Crippen LogP contribution in [0, 0.1) is 6.92 Å². The van der Waals surface area contributed by atoms with Crippen LogP contribution in [0.5, 0.6) is 11.5 Å². The fraction of sp³-hybridized carbons (Fsp3) is 0.167. The van der Waals surface area contributed by atoms with Crippen LogP contribution in [0.15, 0.2) is 47.3 Å². The summed E-state index contributed by atoms with van der Waals surface area (Å²) < 4.78 is 12.5. The molecule has 0 unspecified atom stereocenters. The smallest absolute Gasteiger partial charge is 0.308 e. The maximum absolute atomic E-state index is 12.8. The molecule has 2 heterocycles. The van der Waals surface area contributed by atoms with E-state index in [1.54, 1.807) is 30.4 Å². The maximum Gasteiger partial charge on any atom is 0.308 e. The Kier molecular flexibility index (Phi) is 6.13. The first kappa shape index (κ1) is 21.5. The lowest BCUT2D eigenvalue weighted by atomic mass is 10.1. The molecule has 7 nitrogen and oxygen atoms in total. The van der Waals surface area contributed by atoms with Crippen molar-refractivity contribution in [2.75, 3.05) is 6.61 Å². The number of carbonyl (C=O) groups is 1. The maximum atomic E-state index is 12.8. The summed E-state index contributed by atoms with van der Waals surface area (Å²) in [6.07, 6.45) is 5.44. The zero-order valence-corrected chi connectivity index (χ0v) is 18.7. The number of aromatic nitrogens is 3. The number of nitrogens with zero attached hydrogens (tertiary/aromatic N) is 3. The molecule has 8 heteroatoms. The second-order valence-corrected chi connectivity index (χ2v) is 8.07. The number of esters is 1. The van der Waals surface area contributed by atoms with Gasteiger partial charge in [-0.25, -0.2) is 0 Å². The number of aryl methyl sites for hydroxylation is 1. The van der Waals surface area contributed by atoms with E-state index in [-0.39, 0.29) is 5.56 Å². The van der Waals surface area contributed by atoms with Crippen LogP contribution >= 0.6 is 11.3 Å². The molecule has 4 aromatic rings. The van der Waals surface area contributed by atoms with Gasteiger partial charge in [-0.1, -0.05) is 53.3 Å². The van der Waals surface area contributed by atoms with Gasteiger partial charge in [-0.15, -0.1) is 5.10 Å². The van der Waals surface area contributed by atoms with E-state index in [4.69, 9.17) is 9.47 Å². The lowest BCUT2D eigenvalue weighted by Crippen LogP contribution is -2.23. The number of rotatable bonds is 6. The minimum Gasteiger partial charge on any atom is -0.490 e. The minimum atomic E-state index is -0.428. The van der Waals surface area contributed by atoms with E-state index in [2.05, 4.69) is 10.1 Å². The molecule has 162 valence electrons. The first-order valence-electron chi connectivity index (χ1n) is 10.0. The van der Waals surface area contributed by atoms with Gasteiger partial charge in [0.05, 0.1) is 11.1 Å². The number of hydrogen-bond donors (Lipinski definition) is 0. The van der Waals surface area contributed by atoms with Crippen LogP contribution in [0.3, 0.4) is 0 Å². The third-order valence-electron chi connectivity index (χ3n) is 4.52. The van der Waals surface area contributed by atoms with Crippen LogP contribution in [0.1, 0.15) is 36.4 Å². The van der Waals surface area contributed by atoms with E-state index in [0.717, 1.165) is 11.1 Å². The van der Waals surface area contributed by atoms with Crippen molar-refractivity contribution in [3.8, 4) is 11.5 Å². The normalized spacial score (nSPS) is 12.0. The number of fused-ring (bicyclic) bond motifs is 1. The molecule has 0 fully saturated rings. The van der Waals surface area contributed by atoms with Crippen LogP contribution in [-0.2, 0) is 4.79 Å². The zero-order chi connectivity index (χ0) is 22.7. The second-order valence-electron chi connectivity index (χ2n) is 7.06. The molecule has 0 saturated carbocycles. The van der Waals surface area contributed by atoms with Crippen molar-refractivity contribution in [3.05, 3.63) is 79.9 Å². The Morgan fingerprint density at radius 1 is 1.09 bits per heavy atom. The van der Waals surface area contributed by atoms with Crippen molar-refractivity contribution in [2.45, 2.75) is 20.8 Å². The lowest BCUT2D eigenvalue weighted by molar-refractivity contribution is -0.132. The largest absolute Gasteiger partial charge is 0.490 e. The van der Waals surface area contributed by atoms with E-state index in [1.807, 2.05) is 44.2 Å². The number of benzene rings is 2. The van der Waals surface area contributed by atoms with Crippen molar-refractivity contribution >= 4 is 40.5 Å². The highest BCUT2D eigenvalue weighted by atomic mass is 32.1. The van der Waals surface area contributed by atoms with E-state index >= 15 is 0 Å². The van der Waals surface area contributed by atoms with Gasteiger partial charge in [-0.05, 0) is 49.3 Å². The first-order valence-corrected chi connectivity index (χ1v) is 10.9. The molecule has 0 amide bonds. The number of hydrogen-bond acceptors (Lipinski definition) is 7. The molecule has 0 saturated heterocycles. The molecule has 0 aliphatic carbocycles. The SMILES string of the molecule is CCOc1cc(/C=c2/sc3nc(/C=C/c4ccc(C)cc4)nn3c2=O)ccc1OC(C)=O. The summed E-state index contributed by atoms with van der Waals surface area (Å²) in [5.41, 5.74) is 2.73. The molecule has 2 aromatic heterocycles. The van der Waals surface area contributed by atoms with E-state index < -0.39 is 5.97 Å². The molecule has 0 atom stereocenters. The summed E-state index contributed by atoms with van der Waals surface area (Å²) in [5.74, 6) is 0.825. The monoisotopic (exact) mass is 447 g/mol. The topological polar surface area (TPSA) is 82.8 Å². The standard InChI is InChI=1S/C24H21N3O4S/c1-4-30-20-13-18(9-11-19(20)31-16(3)28)14-21-23(29)27-24(32-21)25-22(26-27)12-10-17-7-5-15(2)6-8-17/h5-14H,4H2,1-3H3/b12-10+,21-14+. The van der Waals surface area contributed by atoms with Crippen LogP contribution in [-0.4, -0.2) is 27.2 Å². The summed E-state index contributed by atoms with van der Waals surface area (Å²) in [6.45, 7) is 5.63.